The number of carbonyl (C=O) groups is 1. The van der Waals surface area contributed by atoms with E-state index in [2.05, 4.69) is 16.9 Å². The highest BCUT2D eigenvalue weighted by Crippen LogP contribution is 2.24. The van der Waals surface area contributed by atoms with Crippen LogP contribution in [0.2, 0.25) is 0 Å². The van der Waals surface area contributed by atoms with Crippen LogP contribution in [0.1, 0.15) is 10.4 Å². The lowest BCUT2D eigenvalue weighted by molar-refractivity contribution is 0.0698. The summed E-state index contributed by atoms with van der Waals surface area (Å²) in [6.45, 7) is 3.49. The zero-order chi connectivity index (χ0) is 12.4. The van der Waals surface area contributed by atoms with Crippen molar-refractivity contribution in [1.82, 2.24) is 9.88 Å². The van der Waals surface area contributed by atoms with Crippen molar-refractivity contribution in [2.75, 3.05) is 43.9 Å². The van der Waals surface area contributed by atoms with E-state index in [-0.39, 0.29) is 11.3 Å². The molecule has 0 amide bonds. The van der Waals surface area contributed by atoms with Crippen molar-refractivity contribution in [3.63, 3.8) is 0 Å². The fourth-order valence-corrected chi connectivity index (χ4v) is 1.92. The Morgan fingerprint density at radius 2 is 2.06 bits per heavy atom. The maximum Gasteiger partial charge on any atom is 0.337 e. The van der Waals surface area contributed by atoms with E-state index in [1.165, 1.54) is 12.3 Å². The molecule has 1 aromatic heterocycles. The molecular weight excluding hydrogens is 220 g/mol. The fourth-order valence-electron chi connectivity index (χ4n) is 1.92. The number of nitrogens with zero attached hydrogens (tertiary/aromatic N) is 3. The van der Waals surface area contributed by atoms with E-state index in [9.17, 15) is 4.79 Å². The number of aromatic carboxylic acids is 1. The van der Waals surface area contributed by atoms with Gasteiger partial charge in [-0.2, -0.15) is 0 Å². The topological polar surface area (TPSA) is 82.7 Å². The van der Waals surface area contributed by atoms with Gasteiger partial charge in [0.2, 0.25) is 0 Å². The second-order valence-electron chi connectivity index (χ2n) is 4.19. The Morgan fingerprint density at radius 1 is 1.41 bits per heavy atom. The molecule has 1 aliphatic rings. The Hall–Kier alpha value is -1.82. The number of hydrogen-bond donors (Lipinski definition) is 2. The number of piperazine rings is 1. The quantitative estimate of drug-likeness (QED) is 0.758. The van der Waals surface area contributed by atoms with Crippen LogP contribution < -0.4 is 10.6 Å². The van der Waals surface area contributed by atoms with Crippen molar-refractivity contribution in [1.29, 1.82) is 0 Å². The van der Waals surface area contributed by atoms with Gasteiger partial charge in [0.15, 0.2) is 5.82 Å². The first kappa shape index (κ1) is 11.7. The molecule has 0 bridgehead atoms. The number of rotatable bonds is 2. The Labute approximate surface area is 99.7 Å². The lowest BCUT2D eigenvalue weighted by atomic mass is 10.2. The summed E-state index contributed by atoms with van der Waals surface area (Å²) in [5.41, 5.74) is 6.22. The third-order valence-corrected chi connectivity index (χ3v) is 3.00. The molecule has 3 N–H and O–H groups in total. The number of pyridine rings is 1. The normalized spacial score (nSPS) is 17.1. The van der Waals surface area contributed by atoms with Crippen LogP contribution >= 0.6 is 0 Å². The average molecular weight is 236 g/mol. The van der Waals surface area contributed by atoms with Crippen LogP contribution in [0.3, 0.4) is 0 Å². The molecule has 2 heterocycles. The van der Waals surface area contributed by atoms with Crippen LogP contribution in [0.5, 0.6) is 0 Å². The number of aromatic nitrogens is 1. The molecule has 0 aliphatic carbocycles. The van der Waals surface area contributed by atoms with Gasteiger partial charge in [0.05, 0.1) is 11.3 Å². The molecule has 2 rings (SSSR count). The molecule has 0 unspecified atom stereocenters. The molecule has 0 atom stereocenters. The van der Waals surface area contributed by atoms with Gasteiger partial charge in [-0.3, -0.25) is 0 Å². The van der Waals surface area contributed by atoms with Gasteiger partial charge in [-0.25, -0.2) is 9.78 Å². The molecule has 1 aromatic rings. The Balaban J connectivity index is 2.27. The maximum absolute atomic E-state index is 11.0. The van der Waals surface area contributed by atoms with E-state index in [0.717, 1.165) is 26.2 Å². The average Bonchev–Trinajstić information content (AvgIpc) is 2.30. The molecule has 0 aromatic carbocycles. The molecule has 1 saturated heterocycles. The van der Waals surface area contributed by atoms with E-state index >= 15 is 0 Å². The van der Waals surface area contributed by atoms with Gasteiger partial charge in [-0.05, 0) is 13.1 Å². The van der Waals surface area contributed by atoms with Crippen molar-refractivity contribution in [3.05, 3.63) is 17.8 Å². The SMILES string of the molecule is CN1CCN(c2nccc(C(=O)O)c2N)CC1. The first-order valence-corrected chi connectivity index (χ1v) is 5.51. The van der Waals surface area contributed by atoms with Crippen molar-refractivity contribution in [2.45, 2.75) is 0 Å². The molecule has 0 saturated carbocycles. The summed E-state index contributed by atoms with van der Waals surface area (Å²) >= 11 is 0. The number of nitrogens with two attached hydrogens (primary N) is 1. The summed E-state index contributed by atoms with van der Waals surface area (Å²) in [5, 5.41) is 9.00. The monoisotopic (exact) mass is 236 g/mol. The predicted molar refractivity (Wildman–Crippen MR) is 65.3 cm³/mol. The minimum Gasteiger partial charge on any atom is -0.478 e. The molecule has 6 heteroatoms. The number of nitrogen functional groups attached to an aromatic ring is 1. The zero-order valence-corrected chi connectivity index (χ0v) is 9.76. The number of anilines is 2. The summed E-state index contributed by atoms with van der Waals surface area (Å²) in [6, 6.07) is 1.43. The second kappa shape index (κ2) is 4.58. The van der Waals surface area contributed by atoms with Crippen LogP contribution in [0.15, 0.2) is 12.3 Å². The molecular formula is C11H16N4O2. The lowest BCUT2D eigenvalue weighted by Crippen LogP contribution is -2.45. The minimum atomic E-state index is -1.01. The summed E-state index contributed by atoms with van der Waals surface area (Å²) in [7, 11) is 2.06. The van der Waals surface area contributed by atoms with Crippen LogP contribution in [-0.2, 0) is 0 Å². The van der Waals surface area contributed by atoms with Crippen molar-refractivity contribution < 1.29 is 9.90 Å². The highest BCUT2D eigenvalue weighted by Gasteiger charge is 2.20. The summed E-state index contributed by atoms with van der Waals surface area (Å²) < 4.78 is 0. The van der Waals surface area contributed by atoms with Gasteiger partial charge in [0.1, 0.15) is 0 Å². The van der Waals surface area contributed by atoms with Crippen LogP contribution in [-0.4, -0.2) is 54.2 Å². The third-order valence-electron chi connectivity index (χ3n) is 3.00. The summed E-state index contributed by atoms with van der Waals surface area (Å²) in [5.74, 6) is -0.432. The maximum atomic E-state index is 11.0. The summed E-state index contributed by atoms with van der Waals surface area (Å²) in [6.07, 6.45) is 1.49. The minimum absolute atomic E-state index is 0.119. The standard InChI is InChI=1S/C11H16N4O2/c1-14-4-6-15(7-5-14)10-9(12)8(11(16)17)2-3-13-10/h2-3H,4-7,12H2,1H3,(H,16,17). The molecule has 1 aliphatic heterocycles. The molecule has 1 fully saturated rings. The first-order chi connectivity index (χ1) is 8.09. The van der Waals surface area contributed by atoms with Crippen molar-refractivity contribution >= 4 is 17.5 Å². The Morgan fingerprint density at radius 3 is 2.65 bits per heavy atom. The van der Waals surface area contributed by atoms with Crippen LogP contribution in [0.4, 0.5) is 11.5 Å². The summed E-state index contributed by atoms with van der Waals surface area (Å²) in [4.78, 5) is 19.4. The van der Waals surface area contributed by atoms with Crippen LogP contribution in [0, 0.1) is 0 Å². The number of carboxylic acids is 1. The zero-order valence-electron chi connectivity index (χ0n) is 9.76. The highest BCUT2D eigenvalue weighted by molar-refractivity contribution is 5.96. The third kappa shape index (κ3) is 2.31. The largest absolute Gasteiger partial charge is 0.478 e. The Bertz CT molecular complexity index is 427. The first-order valence-electron chi connectivity index (χ1n) is 5.51. The van der Waals surface area contributed by atoms with Crippen LogP contribution in [0.25, 0.3) is 0 Å². The van der Waals surface area contributed by atoms with Gasteiger partial charge in [-0.1, -0.05) is 0 Å². The molecule has 0 spiro atoms. The fraction of sp³-hybridized carbons (Fsp3) is 0.455. The van der Waals surface area contributed by atoms with E-state index in [1.54, 1.807) is 0 Å². The smallest absolute Gasteiger partial charge is 0.337 e. The van der Waals surface area contributed by atoms with Crippen molar-refractivity contribution in [2.24, 2.45) is 0 Å². The predicted octanol–water partition coefficient (Wildman–Crippen LogP) is 0.114. The number of likely N-dealkylation sites (N-methyl/N-ethyl adjacent to an activating group) is 1. The highest BCUT2D eigenvalue weighted by atomic mass is 16.4. The molecule has 6 nitrogen and oxygen atoms in total. The number of hydrogen-bond acceptors (Lipinski definition) is 5. The molecule has 92 valence electrons. The van der Waals surface area contributed by atoms with E-state index < -0.39 is 5.97 Å². The van der Waals surface area contributed by atoms with Crippen molar-refractivity contribution in [3.8, 4) is 0 Å². The Kier molecular flexibility index (Phi) is 3.14. The van der Waals surface area contributed by atoms with Gasteiger partial charge in [0, 0.05) is 32.4 Å². The second-order valence-corrected chi connectivity index (χ2v) is 4.19. The molecule has 0 radical (unpaired) electrons. The van der Waals surface area contributed by atoms with E-state index in [4.69, 9.17) is 10.8 Å². The molecule has 17 heavy (non-hydrogen) atoms. The van der Waals surface area contributed by atoms with E-state index in [0.29, 0.717) is 5.82 Å². The van der Waals surface area contributed by atoms with Gasteiger partial charge in [-0.15, -0.1) is 0 Å². The number of carboxylic acid groups (broad SMARTS) is 1. The van der Waals surface area contributed by atoms with Gasteiger partial charge in [0.25, 0.3) is 0 Å². The van der Waals surface area contributed by atoms with Gasteiger partial charge >= 0.3 is 5.97 Å². The van der Waals surface area contributed by atoms with Gasteiger partial charge < -0.3 is 20.6 Å². The van der Waals surface area contributed by atoms with E-state index in [1.807, 2.05) is 4.90 Å². The lowest BCUT2D eigenvalue weighted by Gasteiger charge is -2.33.